The molecule has 0 unspecified atom stereocenters. The summed E-state index contributed by atoms with van der Waals surface area (Å²) in [5, 5.41) is 3.75. The van der Waals surface area contributed by atoms with Crippen molar-refractivity contribution in [3.8, 4) is 0 Å². The van der Waals surface area contributed by atoms with Crippen molar-refractivity contribution in [3.05, 3.63) is 144 Å². The Morgan fingerprint density at radius 3 is 1.75 bits per heavy atom. The van der Waals surface area contributed by atoms with Crippen LogP contribution in [-0.2, 0) is 0 Å². The van der Waals surface area contributed by atoms with E-state index in [4.69, 9.17) is 0 Å². The van der Waals surface area contributed by atoms with Crippen molar-refractivity contribution in [1.29, 1.82) is 0 Å². The van der Waals surface area contributed by atoms with Gasteiger partial charge in [-0.3, -0.25) is 0 Å². The fourth-order valence-electron chi connectivity index (χ4n) is 4.23. The van der Waals surface area contributed by atoms with Crippen LogP contribution in [0.5, 0.6) is 0 Å². The summed E-state index contributed by atoms with van der Waals surface area (Å²) in [6, 6.07) is 40.3. The molecule has 2 heteroatoms. The first-order valence-corrected chi connectivity index (χ1v) is 11.0. The molecule has 2 atom stereocenters. The monoisotopic (exact) mass is 414 g/mol. The summed E-state index contributed by atoms with van der Waals surface area (Å²) in [6.45, 7) is 0. The summed E-state index contributed by atoms with van der Waals surface area (Å²) >= 11 is 0. The summed E-state index contributed by atoms with van der Waals surface area (Å²) < 4.78 is 0. The third-order valence-electron chi connectivity index (χ3n) is 5.78. The van der Waals surface area contributed by atoms with E-state index in [1.165, 1.54) is 28.1 Å². The zero-order valence-corrected chi connectivity index (χ0v) is 17.9. The molecule has 4 aromatic carbocycles. The quantitative estimate of drug-likeness (QED) is 0.366. The minimum atomic E-state index is 0.0120. The second kappa shape index (κ2) is 9.40. The molecule has 0 saturated heterocycles. The van der Waals surface area contributed by atoms with Gasteiger partial charge in [-0.15, -0.1) is 0 Å². The highest BCUT2D eigenvalue weighted by Crippen LogP contribution is 2.39. The second-order valence-electron chi connectivity index (χ2n) is 7.90. The first-order valence-electron chi connectivity index (χ1n) is 11.0. The Morgan fingerprint density at radius 2 is 1.09 bits per heavy atom. The fourth-order valence-corrected chi connectivity index (χ4v) is 4.23. The lowest BCUT2D eigenvalue weighted by molar-refractivity contribution is 0.659. The highest BCUT2D eigenvalue weighted by atomic mass is 15.3. The maximum Gasteiger partial charge on any atom is 0.119 e. The Hall–Kier alpha value is -4.04. The Kier molecular flexibility index (Phi) is 5.85. The average Bonchev–Trinajstić information content (AvgIpc) is 2.87. The first-order chi connectivity index (χ1) is 15.9. The minimum Gasteiger partial charge on any atom is -0.362 e. The molecule has 2 nitrogen and oxygen atoms in total. The molecular weight excluding hydrogens is 388 g/mol. The average molecular weight is 415 g/mol. The van der Waals surface area contributed by atoms with Gasteiger partial charge in [0.25, 0.3) is 0 Å². The smallest absolute Gasteiger partial charge is 0.119 e. The van der Waals surface area contributed by atoms with Crippen molar-refractivity contribution in [3.63, 3.8) is 0 Å². The van der Waals surface area contributed by atoms with E-state index in [9.17, 15) is 0 Å². The number of fused-ring (bicyclic) bond motifs is 1. The van der Waals surface area contributed by atoms with E-state index < -0.39 is 0 Å². The van der Waals surface area contributed by atoms with E-state index in [0.29, 0.717) is 0 Å². The number of hydrogen-bond acceptors (Lipinski definition) is 2. The van der Waals surface area contributed by atoms with Crippen molar-refractivity contribution < 1.29 is 0 Å². The lowest BCUT2D eigenvalue weighted by Gasteiger charge is -2.43. The van der Waals surface area contributed by atoms with Gasteiger partial charge in [0, 0.05) is 16.9 Å². The lowest BCUT2D eigenvalue weighted by atomic mass is 9.96. The van der Waals surface area contributed by atoms with Gasteiger partial charge in [0.15, 0.2) is 0 Å². The molecule has 1 aliphatic heterocycles. The molecule has 156 valence electrons. The largest absolute Gasteiger partial charge is 0.362 e. The number of rotatable bonds is 5. The highest BCUT2D eigenvalue weighted by molar-refractivity contribution is 5.68. The standard InChI is InChI=1S/C30H26N2/c1-4-12-24(13-5-1)20-22-29-27-18-10-11-19-28(27)31-30(23-21-25-14-6-2-7-15-25)32(29)26-16-8-3-9-17-26/h1-23,29-31H/b22-20+,23-21+/t29-,30+/m1/s1. The molecule has 4 aromatic rings. The van der Waals surface area contributed by atoms with E-state index in [1.54, 1.807) is 0 Å². The second-order valence-corrected chi connectivity index (χ2v) is 7.90. The van der Waals surface area contributed by atoms with Crippen LogP contribution in [0.1, 0.15) is 22.7 Å². The Balaban J connectivity index is 1.59. The van der Waals surface area contributed by atoms with Gasteiger partial charge in [-0.1, -0.05) is 115 Å². The van der Waals surface area contributed by atoms with Crippen LogP contribution >= 0.6 is 0 Å². The topological polar surface area (TPSA) is 15.3 Å². The number of benzene rings is 4. The summed E-state index contributed by atoms with van der Waals surface area (Å²) in [7, 11) is 0. The van der Waals surface area contributed by atoms with Crippen LogP contribution in [0.4, 0.5) is 11.4 Å². The van der Waals surface area contributed by atoms with Gasteiger partial charge >= 0.3 is 0 Å². The number of para-hydroxylation sites is 2. The summed E-state index contributed by atoms with van der Waals surface area (Å²) in [4.78, 5) is 2.45. The molecule has 0 spiro atoms. The van der Waals surface area contributed by atoms with E-state index in [-0.39, 0.29) is 12.2 Å². The Labute approximate surface area is 190 Å². The molecule has 32 heavy (non-hydrogen) atoms. The highest BCUT2D eigenvalue weighted by Gasteiger charge is 2.31. The molecule has 1 N–H and O–H groups in total. The third kappa shape index (κ3) is 4.35. The van der Waals surface area contributed by atoms with Crippen molar-refractivity contribution in [1.82, 2.24) is 0 Å². The Bertz CT molecular complexity index is 1200. The van der Waals surface area contributed by atoms with Crippen LogP contribution < -0.4 is 10.2 Å². The van der Waals surface area contributed by atoms with Gasteiger partial charge in [-0.2, -0.15) is 0 Å². The molecule has 0 aromatic heterocycles. The fraction of sp³-hybridized carbons (Fsp3) is 0.0667. The molecule has 5 rings (SSSR count). The van der Waals surface area contributed by atoms with Crippen LogP contribution in [0.2, 0.25) is 0 Å². The number of anilines is 2. The predicted octanol–water partition coefficient (Wildman–Crippen LogP) is 7.41. The van der Waals surface area contributed by atoms with E-state index in [2.05, 4.69) is 144 Å². The maximum absolute atomic E-state index is 3.75. The zero-order valence-electron chi connectivity index (χ0n) is 17.9. The lowest BCUT2D eigenvalue weighted by Crippen LogP contribution is -2.45. The van der Waals surface area contributed by atoms with E-state index >= 15 is 0 Å². The molecule has 1 heterocycles. The van der Waals surface area contributed by atoms with Gasteiger partial charge in [0.2, 0.25) is 0 Å². The molecule has 1 aliphatic rings. The van der Waals surface area contributed by atoms with Crippen molar-refractivity contribution in [2.24, 2.45) is 0 Å². The van der Waals surface area contributed by atoms with Crippen molar-refractivity contribution in [2.45, 2.75) is 12.2 Å². The van der Waals surface area contributed by atoms with Gasteiger partial charge in [-0.05, 0) is 35.4 Å². The normalized spacial score (nSPS) is 17.9. The minimum absolute atomic E-state index is 0.0120. The molecule has 0 fully saturated rings. The Morgan fingerprint density at radius 1 is 0.562 bits per heavy atom. The van der Waals surface area contributed by atoms with Crippen LogP contribution in [-0.4, -0.2) is 6.17 Å². The summed E-state index contributed by atoms with van der Waals surface area (Å²) in [6.07, 6.45) is 8.99. The molecule has 0 bridgehead atoms. The van der Waals surface area contributed by atoms with Gasteiger partial charge in [0.1, 0.15) is 6.17 Å². The summed E-state index contributed by atoms with van der Waals surface area (Å²) in [5.41, 5.74) is 6.02. The van der Waals surface area contributed by atoms with Gasteiger partial charge in [0.05, 0.1) is 6.04 Å². The molecule has 0 saturated carbocycles. The van der Waals surface area contributed by atoms with Crippen LogP contribution in [0.25, 0.3) is 12.2 Å². The third-order valence-corrected chi connectivity index (χ3v) is 5.78. The molecular formula is C30H26N2. The number of nitrogens with one attached hydrogen (secondary N) is 1. The van der Waals surface area contributed by atoms with Gasteiger partial charge in [-0.25, -0.2) is 0 Å². The molecule has 0 amide bonds. The molecule has 0 aliphatic carbocycles. The van der Waals surface area contributed by atoms with Gasteiger partial charge < -0.3 is 10.2 Å². The van der Waals surface area contributed by atoms with Crippen LogP contribution in [0, 0.1) is 0 Å². The zero-order chi connectivity index (χ0) is 21.6. The van der Waals surface area contributed by atoms with Crippen molar-refractivity contribution >= 4 is 23.5 Å². The first kappa shape index (κ1) is 19.9. The number of hydrogen-bond donors (Lipinski definition) is 1. The van der Waals surface area contributed by atoms with Crippen LogP contribution in [0.15, 0.2) is 127 Å². The molecule has 0 radical (unpaired) electrons. The maximum atomic E-state index is 3.75. The predicted molar refractivity (Wildman–Crippen MR) is 136 cm³/mol. The van der Waals surface area contributed by atoms with Crippen LogP contribution in [0.3, 0.4) is 0 Å². The number of nitrogens with zero attached hydrogens (tertiary/aromatic N) is 1. The van der Waals surface area contributed by atoms with E-state index in [0.717, 1.165) is 0 Å². The SMILES string of the molecule is C(=C\[C@@H]1c2ccccc2N[C@H](/C=C/c2ccccc2)N1c1ccccc1)/c1ccccc1. The summed E-state index contributed by atoms with van der Waals surface area (Å²) in [5.74, 6) is 0. The van der Waals surface area contributed by atoms with E-state index in [1.807, 2.05) is 6.07 Å². The van der Waals surface area contributed by atoms with Crippen molar-refractivity contribution in [2.75, 3.05) is 10.2 Å².